The number of thiocarbonyl (C=S) groups is 1. The van der Waals surface area contributed by atoms with Crippen LogP contribution in [0.2, 0.25) is 5.02 Å². The fourth-order valence-corrected chi connectivity index (χ4v) is 3.40. The molecule has 12 heteroatoms. The first-order valence-corrected chi connectivity index (χ1v) is 9.79. The second-order valence-corrected chi connectivity index (χ2v) is 7.52. The van der Waals surface area contributed by atoms with Crippen LogP contribution in [0.4, 0.5) is 33.3 Å². The molecule has 0 radical (unpaired) electrons. The summed E-state index contributed by atoms with van der Waals surface area (Å²) in [5, 5.41) is 10.5. The van der Waals surface area contributed by atoms with Crippen LogP contribution in [0.3, 0.4) is 0 Å². The number of anilines is 2. The fraction of sp³-hybridized carbons (Fsp3) is 0.200. The van der Waals surface area contributed by atoms with Crippen LogP contribution >= 0.6 is 23.8 Å². The molecule has 0 bridgehead atoms. The van der Waals surface area contributed by atoms with Crippen LogP contribution in [-0.2, 0) is 6.54 Å². The molecule has 3 rings (SSSR count). The molecule has 1 heterocycles. The highest BCUT2D eigenvalue weighted by atomic mass is 35.5. The predicted molar refractivity (Wildman–Crippen MR) is 115 cm³/mol. The van der Waals surface area contributed by atoms with Gasteiger partial charge in [-0.05, 0) is 44.3 Å². The predicted octanol–water partition coefficient (Wildman–Crippen LogP) is 5.71. The minimum Gasteiger partial charge on any atom is -0.495 e. The first-order valence-electron chi connectivity index (χ1n) is 9.01. The summed E-state index contributed by atoms with van der Waals surface area (Å²) in [4.78, 5) is 0. The third kappa shape index (κ3) is 4.49. The van der Waals surface area contributed by atoms with E-state index in [1.807, 2.05) is 0 Å². The summed E-state index contributed by atoms with van der Waals surface area (Å²) in [6.45, 7) is 2.46. The van der Waals surface area contributed by atoms with Crippen LogP contribution < -0.4 is 15.4 Å². The molecule has 0 unspecified atom stereocenters. The Labute approximate surface area is 190 Å². The number of nitrogens with zero attached hydrogens (tertiary/aromatic N) is 2. The SMILES string of the molecule is COc1ccc(Cl)cc1NC(=S)Nc1c(C)nn(Cc2c(F)c(F)c(F)c(F)c2F)c1C. The summed E-state index contributed by atoms with van der Waals surface area (Å²) in [6, 6.07) is 4.88. The molecule has 170 valence electrons. The number of hydrogen-bond acceptors (Lipinski definition) is 3. The minimum absolute atomic E-state index is 0.132. The zero-order chi connectivity index (χ0) is 23.7. The Morgan fingerprint density at radius 1 is 1.03 bits per heavy atom. The third-order valence-corrected chi connectivity index (χ3v) is 5.08. The van der Waals surface area contributed by atoms with Gasteiger partial charge in [-0.2, -0.15) is 5.10 Å². The molecular formula is C20H16ClF5N4OS. The van der Waals surface area contributed by atoms with E-state index in [9.17, 15) is 22.0 Å². The number of aryl methyl sites for hydroxylation is 1. The van der Waals surface area contributed by atoms with Crippen molar-refractivity contribution in [3.05, 3.63) is 69.3 Å². The molecule has 0 spiro atoms. The van der Waals surface area contributed by atoms with E-state index < -0.39 is 41.2 Å². The summed E-state index contributed by atoms with van der Waals surface area (Å²) in [5.41, 5.74) is 0.624. The lowest BCUT2D eigenvalue weighted by molar-refractivity contribution is 0.366. The second-order valence-electron chi connectivity index (χ2n) is 6.68. The number of rotatable bonds is 5. The lowest BCUT2D eigenvalue weighted by Crippen LogP contribution is -2.20. The monoisotopic (exact) mass is 490 g/mol. The Morgan fingerprint density at radius 2 is 1.62 bits per heavy atom. The van der Waals surface area contributed by atoms with E-state index in [0.717, 1.165) is 4.68 Å². The molecule has 5 nitrogen and oxygen atoms in total. The van der Waals surface area contributed by atoms with E-state index in [1.54, 1.807) is 32.0 Å². The van der Waals surface area contributed by atoms with Gasteiger partial charge in [-0.1, -0.05) is 11.6 Å². The van der Waals surface area contributed by atoms with Crippen molar-refractivity contribution >= 4 is 40.3 Å². The van der Waals surface area contributed by atoms with Gasteiger partial charge in [0.1, 0.15) is 5.75 Å². The van der Waals surface area contributed by atoms with Gasteiger partial charge in [0.25, 0.3) is 0 Å². The van der Waals surface area contributed by atoms with Crippen LogP contribution in [0.15, 0.2) is 18.2 Å². The summed E-state index contributed by atoms with van der Waals surface area (Å²) < 4.78 is 74.8. The highest BCUT2D eigenvalue weighted by molar-refractivity contribution is 7.80. The highest BCUT2D eigenvalue weighted by Crippen LogP contribution is 2.29. The standard InChI is InChI=1S/C20H16ClF5N4OS/c1-8-19(28-20(32)27-12-6-10(21)4-5-13(12)31-3)9(2)30(29-8)7-11-14(22)16(24)18(26)17(25)15(11)23/h4-6H,7H2,1-3H3,(H2,27,28,32). The molecule has 0 saturated heterocycles. The average molecular weight is 491 g/mol. The minimum atomic E-state index is -2.22. The number of benzene rings is 2. The van der Waals surface area contributed by atoms with Crippen molar-refractivity contribution in [3.8, 4) is 5.75 Å². The van der Waals surface area contributed by atoms with E-state index in [1.165, 1.54) is 7.11 Å². The molecule has 0 saturated carbocycles. The Hall–Kier alpha value is -2.92. The molecule has 1 aromatic heterocycles. The van der Waals surface area contributed by atoms with Crippen molar-refractivity contribution in [1.29, 1.82) is 0 Å². The van der Waals surface area contributed by atoms with Crippen LogP contribution in [-0.4, -0.2) is 22.0 Å². The summed E-state index contributed by atoms with van der Waals surface area (Å²) in [5.74, 6) is -9.58. The molecule has 3 aromatic rings. The van der Waals surface area contributed by atoms with Crippen molar-refractivity contribution in [1.82, 2.24) is 9.78 Å². The number of nitrogens with one attached hydrogen (secondary N) is 2. The van der Waals surface area contributed by atoms with Gasteiger partial charge in [0.2, 0.25) is 5.82 Å². The van der Waals surface area contributed by atoms with Crippen molar-refractivity contribution in [2.75, 3.05) is 17.7 Å². The van der Waals surface area contributed by atoms with E-state index in [0.29, 0.717) is 33.5 Å². The molecule has 32 heavy (non-hydrogen) atoms. The second kappa shape index (κ2) is 9.29. The molecule has 2 aromatic carbocycles. The molecule has 0 fully saturated rings. The van der Waals surface area contributed by atoms with Gasteiger partial charge in [-0.3, -0.25) is 4.68 Å². The van der Waals surface area contributed by atoms with Crippen LogP contribution in [0, 0.1) is 42.9 Å². The normalized spacial score (nSPS) is 10.9. The lowest BCUT2D eigenvalue weighted by atomic mass is 10.1. The van der Waals surface area contributed by atoms with E-state index in [2.05, 4.69) is 15.7 Å². The van der Waals surface area contributed by atoms with E-state index in [-0.39, 0.29) is 5.11 Å². The molecule has 0 amide bonds. The van der Waals surface area contributed by atoms with Crippen molar-refractivity contribution in [2.45, 2.75) is 20.4 Å². The maximum Gasteiger partial charge on any atom is 0.200 e. The van der Waals surface area contributed by atoms with Gasteiger partial charge in [0, 0.05) is 5.02 Å². The molecule has 2 N–H and O–H groups in total. The Kier molecular flexibility index (Phi) is 6.89. The maximum absolute atomic E-state index is 14.1. The summed E-state index contributed by atoms with van der Waals surface area (Å²) in [7, 11) is 1.47. The Balaban J connectivity index is 1.87. The average Bonchev–Trinajstić information content (AvgIpc) is 3.01. The molecule has 0 aliphatic heterocycles. The van der Waals surface area contributed by atoms with Gasteiger partial charge in [-0.25, -0.2) is 22.0 Å². The van der Waals surface area contributed by atoms with Gasteiger partial charge < -0.3 is 15.4 Å². The highest BCUT2D eigenvalue weighted by Gasteiger charge is 2.26. The number of aromatic nitrogens is 2. The van der Waals surface area contributed by atoms with Gasteiger partial charge in [0.15, 0.2) is 28.4 Å². The van der Waals surface area contributed by atoms with E-state index in [4.69, 9.17) is 28.6 Å². The van der Waals surface area contributed by atoms with Crippen molar-refractivity contribution in [2.24, 2.45) is 0 Å². The number of ether oxygens (including phenoxy) is 1. The van der Waals surface area contributed by atoms with Crippen molar-refractivity contribution in [3.63, 3.8) is 0 Å². The van der Waals surface area contributed by atoms with Crippen molar-refractivity contribution < 1.29 is 26.7 Å². The molecular weight excluding hydrogens is 475 g/mol. The Bertz CT molecular complexity index is 1190. The van der Waals surface area contributed by atoms with Gasteiger partial charge in [-0.15, -0.1) is 0 Å². The number of hydrogen-bond donors (Lipinski definition) is 2. The van der Waals surface area contributed by atoms with Crippen LogP contribution in [0.1, 0.15) is 17.0 Å². The molecule has 0 aliphatic rings. The zero-order valence-electron chi connectivity index (χ0n) is 16.9. The first kappa shape index (κ1) is 23.7. The summed E-state index contributed by atoms with van der Waals surface area (Å²) in [6.07, 6.45) is 0. The van der Waals surface area contributed by atoms with Gasteiger partial charge >= 0.3 is 0 Å². The topological polar surface area (TPSA) is 51.1 Å². The van der Waals surface area contributed by atoms with Crippen LogP contribution in [0.5, 0.6) is 5.75 Å². The quantitative estimate of drug-likeness (QED) is 0.207. The summed E-state index contributed by atoms with van der Waals surface area (Å²) >= 11 is 11.3. The third-order valence-electron chi connectivity index (χ3n) is 4.64. The van der Waals surface area contributed by atoms with E-state index >= 15 is 0 Å². The first-order chi connectivity index (χ1) is 15.0. The maximum atomic E-state index is 14.1. The van der Waals surface area contributed by atoms with Gasteiger partial charge in [0.05, 0.1) is 42.0 Å². The molecule has 0 atom stereocenters. The fourth-order valence-electron chi connectivity index (χ4n) is 3.02. The largest absolute Gasteiger partial charge is 0.495 e. The Morgan fingerprint density at radius 3 is 2.22 bits per heavy atom. The lowest BCUT2D eigenvalue weighted by Gasteiger charge is -2.14. The zero-order valence-corrected chi connectivity index (χ0v) is 18.5. The molecule has 0 aliphatic carbocycles. The van der Waals surface area contributed by atoms with Crippen LogP contribution in [0.25, 0.3) is 0 Å². The number of halogens is 6. The number of methoxy groups -OCH3 is 1. The smallest absolute Gasteiger partial charge is 0.200 e.